The second kappa shape index (κ2) is 10.3. The third-order valence-corrected chi connectivity index (χ3v) is 3.88. The van der Waals surface area contributed by atoms with Crippen LogP contribution in [0.15, 0.2) is 47.5 Å². The summed E-state index contributed by atoms with van der Waals surface area (Å²) in [6, 6.07) is 12.5. The van der Waals surface area contributed by atoms with Gasteiger partial charge in [0, 0.05) is 18.7 Å². The number of ether oxygens (including phenoxy) is 2. The smallest absolute Gasteiger partial charge is 0.191 e. The molecule has 0 fully saturated rings. The topological polar surface area (TPSA) is 54.9 Å². The number of nitrogens with one attached hydrogen (secondary N) is 2. The van der Waals surface area contributed by atoms with Crippen LogP contribution >= 0.6 is 0 Å². The van der Waals surface area contributed by atoms with Crippen molar-refractivity contribution in [2.24, 2.45) is 4.99 Å². The zero-order valence-electron chi connectivity index (χ0n) is 15.5. The molecular formula is C20H26FN3O2. The molecule has 0 heterocycles. The molecule has 140 valence electrons. The van der Waals surface area contributed by atoms with E-state index in [-0.39, 0.29) is 5.82 Å². The highest BCUT2D eigenvalue weighted by atomic mass is 19.1. The molecule has 0 aliphatic carbocycles. The molecule has 0 amide bonds. The maximum atomic E-state index is 13.7. The molecule has 2 rings (SSSR count). The lowest BCUT2D eigenvalue weighted by atomic mass is 10.1. The summed E-state index contributed by atoms with van der Waals surface area (Å²) in [7, 11) is 3.22. The van der Waals surface area contributed by atoms with Crippen molar-refractivity contribution in [2.75, 3.05) is 27.3 Å². The first-order valence-electron chi connectivity index (χ1n) is 8.65. The molecule has 0 radical (unpaired) electrons. The largest absolute Gasteiger partial charge is 0.493 e. The molecule has 2 aromatic carbocycles. The van der Waals surface area contributed by atoms with Crippen LogP contribution in [0.25, 0.3) is 0 Å². The Labute approximate surface area is 154 Å². The van der Waals surface area contributed by atoms with E-state index in [0.29, 0.717) is 42.5 Å². The fraction of sp³-hybridized carbons (Fsp3) is 0.350. The fourth-order valence-corrected chi connectivity index (χ4v) is 2.60. The van der Waals surface area contributed by atoms with Gasteiger partial charge in [0.25, 0.3) is 0 Å². The number of para-hydroxylation sites is 1. The number of aliphatic imine (C=N–C) groups is 1. The molecular weight excluding hydrogens is 333 g/mol. The monoisotopic (exact) mass is 359 g/mol. The Morgan fingerprint density at radius 3 is 2.46 bits per heavy atom. The average Bonchev–Trinajstić information content (AvgIpc) is 2.67. The molecule has 0 atom stereocenters. The average molecular weight is 359 g/mol. The van der Waals surface area contributed by atoms with Crippen molar-refractivity contribution in [1.29, 1.82) is 0 Å². The third kappa shape index (κ3) is 5.37. The molecule has 0 aliphatic heterocycles. The molecule has 2 N–H and O–H groups in total. The molecule has 0 spiro atoms. The van der Waals surface area contributed by atoms with Crippen LogP contribution < -0.4 is 20.1 Å². The van der Waals surface area contributed by atoms with Crippen LogP contribution in [0, 0.1) is 5.82 Å². The van der Waals surface area contributed by atoms with Gasteiger partial charge < -0.3 is 20.1 Å². The number of hydrogen-bond acceptors (Lipinski definition) is 3. The van der Waals surface area contributed by atoms with Gasteiger partial charge in [0.05, 0.1) is 20.8 Å². The van der Waals surface area contributed by atoms with Crippen molar-refractivity contribution in [3.05, 3.63) is 59.4 Å². The second-order valence-electron chi connectivity index (χ2n) is 5.62. The maximum Gasteiger partial charge on any atom is 0.191 e. The number of rotatable bonds is 8. The third-order valence-electron chi connectivity index (χ3n) is 3.88. The first-order valence-corrected chi connectivity index (χ1v) is 8.65. The van der Waals surface area contributed by atoms with Gasteiger partial charge in [-0.1, -0.05) is 30.3 Å². The lowest BCUT2D eigenvalue weighted by Crippen LogP contribution is -2.38. The van der Waals surface area contributed by atoms with E-state index in [2.05, 4.69) is 15.6 Å². The summed E-state index contributed by atoms with van der Waals surface area (Å²) in [5.74, 6) is 1.85. The van der Waals surface area contributed by atoms with Crippen LogP contribution in [-0.2, 0) is 13.0 Å². The van der Waals surface area contributed by atoms with Gasteiger partial charge in [0.1, 0.15) is 5.82 Å². The minimum Gasteiger partial charge on any atom is -0.493 e. The van der Waals surface area contributed by atoms with Gasteiger partial charge >= 0.3 is 0 Å². The number of halogens is 1. The Morgan fingerprint density at radius 2 is 1.77 bits per heavy atom. The fourth-order valence-electron chi connectivity index (χ4n) is 2.60. The standard InChI is InChI=1S/C20H26FN3O2/c1-4-22-20(23-13-12-15-8-5-6-10-17(15)21)24-14-16-9-7-11-18(25-2)19(16)26-3/h5-11H,4,12-14H2,1-3H3,(H2,22,23,24). The lowest BCUT2D eigenvalue weighted by molar-refractivity contribution is 0.352. The zero-order valence-corrected chi connectivity index (χ0v) is 15.5. The Balaban J connectivity index is 2.01. The van der Waals surface area contributed by atoms with Crippen molar-refractivity contribution >= 4 is 5.96 Å². The molecule has 0 saturated carbocycles. The number of guanidine groups is 1. The van der Waals surface area contributed by atoms with Crippen molar-refractivity contribution in [3.8, 4) is 11.5 Å². The van der Waals surface area contributed by atoms with Crippen molar-refractivity contribution in [2.45, 2.75) is 19.9 Å². The summed E-state index contributed by atoms with van der Waals surface area (Å²) in [6.45, 7) is 3.76. The number of methoxy groups -OCH3 is 2. The van der Waals surface area contributed by atoms with Gasteiger partial charge in [-0.05, 0) is 31.0 Å². The first kappa shape index (κ1) is 19.6. The van der Waals surface area contributed by atoms with E-state index >= 15 is 0 Å². The minimum atomic E-state index is -0.183. The molecule has 0 aliphatic rings. The predicted molar refractivity (Wildman–Crippen MR) is 102 cm³/mol. The van der Waals surface area contributed by atoms with Gasteiger partial charge in [-0.25, -0.2) is 9.38 Å². The maximum absolute atomic E-state index is 13.7. The summed E-state index contributed by atoms with van der Waals surface area (Å²) in [5, 5.41) is 6.43. The van der Waals surface area contributed by atoms with E-state index in [0.717, 1.165) is 12.1 Å². The summed E-state index contributed by atoms with van der Waals surface area (Å²) >= 11 is 0. The second-order valence-corrected chi connectivity index (χ2v) is 5.62. The molecule has 5 nitrogen and oxygen atoms in total. The zero-order chi connectivity index (χ0) is 18.8. The van der Waals surface area contributed by atoms with Crippen LogP contribution in [0.1, 0.15) is 18.1 Å². The Hall–Kier alpha value is -2.76. The summed E-state index contributed by atoms with van der Waals surface area (Å²) in [6.07, 6.45) is 0.583. The SMILES string of the molecule is CCNC(=NCc1cccc(OC)c1OC)NCCc1ccccc1F. The molecule has 2 aromatic rings. The quantitative estimate of drug-likeness (QED) is 0.562. The van der Waals surface area contributed by atoms with Gasteiger partial charge in [0.15, 0.2) is 17.5 Å². The summed E-state index contributed by atoms with van der Waals surface area (Å²) in [4.78, 5) is 4.59. The Morgan fingerprint density at radius 1 is 1.00 bits per heavy atom. The highest BCUT2D eigenvalue weighted by molar-refractivity contribution is 5.79. The van der Waals surface area contributed by atoms with Gasteiger partial charge in [-0.2, -0.15) is 0 Å². The van der Waals surface area contributed by atoms with Gasteiger partial charge in [0.2, 0.25) is 0 Å². The van der Waals surface area contributed by atoms with E-state index < -0.39 is 0 Å². The highest BCUT2D eigenvalue weighted by Crippen LogP contribution is 2.30. The number of nitrogens with zero attached hydrogens (tertiary/aromatic N) is 1. The molecule has 6 heteroatoms. The van der Waals surface area contributed by atoms with Crippen molar-refractivity contribution in [1.82, 2.24) is 10.6 Å². The molecule has 0 bridgehead atoms. The minimum absolute atomic E-state index is 0.183. The van der Waals surface area contributed by atoms with Crippen LogP contribution in [0.4, 0.5) is 4.39 Å². The van der Waals surface area contributed by atoms with Gasteiger partial charge in [-0.3, -0.25) is 0 Å². The highest BCUT2D eigenvalue weighted by Gasteiger charge is 2.09. The lowest BCUT2D eigenvalue weighted by Gasteiger charge is -2.13. The van der Waals surface area contributed by atoms with Crippen LogP contribution in [-0.4, -0.2) is 33.3 Å². The van der Waals surface area contributed by atoms with Crippen molar-refractivity contribution in [3.63, 3.8) is 0 Å². The first-order chi connectivity index (χ1) is 12.7. The number of benzene rings is 2. The predicted octanol–water partition coefficient (Wildman–Crippen LogP) is 3.14. The Kier molecular flexibility index (Phi) is 7.74. The van der Waals surface area contributed by atoms with E-state index in [1.165, 1.54) is 6.07 Å². The molecule has 26 heavy (non-hydrogen) atoms. The Bertz CT molecular complexity index is 735. The summed E-state index contributed by atoms with van der Waals surface area (Å²) < 4.78 is 24.4. The van der Waals surface area contributed by atoms with E-state index in [1.807, 2.05) is 31.2 Å². The van der Waals surface area contributed by atoms with E-state index in [4.69, 9.17) is 9.47 Å². The van der Waals surface area contributed by atoms with Crippen molar-refractivity contribution < 1.29 is 13.9 Å². The van der Waals surface area contributed by atoms with Crippen LogP contribution in [0.5, 0.6) is 11.5 Å². The number of hydrogen-bond donors (Lipinski definition) is 2. The van der Waals surface area contributed by atoms with Gasteiger partial charge in [-0.15, -0.1) is 0 Å². The van der Waals surface area contributed by atoms with Crippen LogP contribution in [0.2, 0.25) is 0 Å². The van der Waals surface area contributed by atoms with E-state index in [9.17, 15) is 4.39 Å². The van der Waals surface area contributed by atoms with Crippen LogP contribution in [0.3, 0.4) is 0 Å². The normalized spacial score (nSPS) is 11.2. The molecule has 0 saturated heterocycles. The molecule has 0 unspecified atom stereocenters. The van der Waals surface area contributed by atoms with E-state index in [1.54, 1.807) is 26.4 Å². The molecule has 0 aromatic heterocycles. The summed E-state index contributed by atoms with van der Waals surface area (Å²) in [5.41, 5.74) is 1.61.